The van der Waals surface area contributed by atoms with E-state index in [2.05, 4.69) is 0 Å². The summed E-state index contributed by atoms with van der Waals surface area (Å²) in [5.41, 5.74) is 0.337. The third-order valence-electron chi connectivity index (χ3n) is 2.60. The summed E-state index contributed by atoms with van der Waals surface area (Å²) in [5.74, 6) is -1.95. The van der Waals surface area contributed by atoms with E-state index in [1.54, 1.807) is 0 Å². The van der Waals surface area contributed by atoms with E-state index in [9.17, 15) is 22.0 Å². The van der Waals surface area contributed by atoms with Crippen LogP contribution in [0.25, 0.3) is 0 Å². The van der Waals surface area contributed by atoms with Gasteiger partial charge in [-0.05, 0) is 31.8 Å². The first-order valence-electron chi connectivity index (χ1n) is 5.81. The zero-order chi connectivity index (χ0) is 16.3. The number of carbonyl (C=O) groups excluding carboxylic acids is 1. The van der Waals surface area contributed by atoms with E-state index in [1.165, 1.54) is 36.1 Å². The smallest absolute Gasteiger partial charge is 0.384 e. The highest BCUT2D eigenvalue weighted by molar-refractivity contribution is 7.89. The van der Waals surface area contributed by atoms with Gasteiger partial charge in [0.1, 0.15) is 5.75 Å². The van der Waals surface area contributed by atoms with Gasteiger partial charge in [0.15, 0.2) is 0 Å². The third kappa shape index (κ3) is 4.64. The van der Waals surface area contributed by atoms with Crippen molar-refractivity contribution < 1.29 is 26.7 Å². The van der Waals surface area contributed by atoms with Crippen LogP contribution in [-0.4, -0.2) is 46.5 Å². The lowest BCUT2D eigenvalue weighted by Gasteiger charge is -2.22. The molecule has 6 nitrogen and oxygen atoms in total. The molecule has 9 heteroatoms. The molecule has 1 aromatic rings. The van der Waals surface area contributed by atoms with Crippen molar-refractivity contribution in [2.45, 2.75) is 11.8 Å². The lowest BCUT2D eigenvalue weighted by molar-refractivity contribution is -0.168. The fourth-order valence-electron chi connectivity index (χ4n) is 1.38. The molecule has 1 amide bonds. The first-order valence-corrected chi connectivity index (χ1v) is 7.47. The van der Waals surface area contributed by atoms with Gasteiger partial charge >= 0.3 is 12.0 Å². The van der Waals surface area contributed by atoms with E-state index in [-0.39, 0.29) is 0 Å². The van der Waals surface area contributed by atoms with Crippen LogP contribution in [0.1, 0.15) is 5.56 Å². The number of rotatable bonds is 6. The summed E-state index contributed by atoms with van der Waals surface area (Å²) in [6, 6.07) is 2.08. The van der Waals surface area contributed by atoms with Gasteiger partial charge in [-0.3, -0.25) is 4.79 Å². The summed E-state index contributed by atoms with van der Waals surface area (Å²) in [7, 11) is -0.828. The second-order valence-corrected chi connectivity index (χ2v) is 6.20. The molecule has 0 heterocycles. The van der Waals surface area contributed by atoms with Gasteiger partial charge in [0.05, 0.1) is 12.9 Å². The fourth-order valence-corrected chi connectivity index (χ4v) is 2.49. The maximum Gasteiger partial charge on any atom is 0.384 e. The Bertz CT molecular complexity index is 600. The number of nitrogens with one attached hydrogen (secondary N) is 1. The van der Waals surface area contributed by atoms with Crippen molar-refractivity contribution in [1.29, 1.82) is 0 Å². The van der Waals surface area contributed by atoms with Gasteiger partial charge in [-0.25, -0.2) is 18.0 Å². The SMILES string of the molecule is COc1ccc(CS(=O)(=O)NC(=O)C(F)(F)N(C)C)cc1. The van der Waals surface area contributed by atoms with E-state index in [1.807, 2.05) is 0 Å². The molecule has 118 valence electrons. The topological polar surface area (TPSA) is 75.7 Å². The normalized spacial score (nSPS) is 12.3. The Morgan fingerprint density at radius 3 is 2.24 bits per heavy atom. The van der Waals surface area contributed by atoms with Gasteiger partial charge in [-0.1, -0.05) is 12.1 Å². The number of hydrogen-bond acceptors (Lipinski definition) is 5. The Balaban J connectivity index is 2.80. The number of carbonyl (C=O) groups is 1. The number of nitrogens with zero attached hydrogens (tertiary/aromatic N) is 1. The zero-order valence-electron chi connectivity index (χ0n) is 11.8. The predicted molar refractivity (Wildman–Crippen MR) is 72.4 cm³/mol. The summed E-state index contributed by atoms with van der Waals surface area (Å²) in [6.07, 6.45) is 0. The molecule has 0 aliphatic carbocycles. The Labute approximate surface area is 121 Å². The monoisotopic (exact) mass is 322 g/mol. The van der Waals surface area contributed by atoms with Gasteiger partial charge in [-0.2, -0.15) is 8.78 Å². The Morgan fingerprint density at radius 1 is 1.29 bits per heavy atom. The number of halogens is 2. The molecule has 1 aromatic carbocycles. The van der Waals surface area contributed by atoms with Crippen molar-refractivity contribution in [3.05, 3.63) is 29.8 Å². The second-order valence-electron chi connectivity index (χ2n) is 4.47. The van der Waals surface area contributed by atoms with Gasteiger partial charge in [-0.15, -0.1) is 0 Å². The number of benzene rings is 1. The second kappa shape index (κ2) is 6.35. The van der Waals surface area contributed by atoms with Crippen LogP contribution >= 0.6 is 0 Å². The molecule has 1 N–H and O–H groups in total. The summed E-state index contributed by atoms with van der Waals surface area (Å²) < 4.78 is 56.4. The molecule has 0 aliphatic heterocycles. The summed E-state index contributed by atoms with van der Waals surface area (Å²) in [5, 5.41) is 0. The highest BCUT2D eigenvalue weighted by Gasteiger charge is 2.43. The summed E-state index contributed by atoms with van der Waals surface area (Å²) in [4.78, 5) is 11.6. The molecule has 0 unspecified atom stereocenters. The van der Waals surface area contributed by atoms with Gasteiger partial charge in [0.25, 0.3) is 0 Å². The Morgan fingerprint density at radius 2 is 1.81 bits per heavy atom. The van der Waals surface area contributed by atoms with Crippen molar-refractivity contribution in [2.24, 2.45) is 0 Å². The fraction of sp³-hybridized carbons (Fsp3) is 0.417. The summed E-state index contributed by atoms with van der Waals surface area (Å²) in [6.45, 7) is 0. The number of likely N-dealkylation sites (N-methyl/N-ethyl adjacent to an activating group) is 1. The van der Waals surface area contributed by atoms with E-state index < -0.39 is 27.7 Å². The molecule has 0 aliphatic rings. The van der Waals surface area contributed by atoms with Crippen LogP contribution in [0.15, 0.2) is 24.3 Å². The standard InChI is InChI=1S/C12H16F2N2O4S/c1-16(2)12(13,14)11(17)15-21(18,19)8-9-4-6-10(20-3)7-5-9/h4-7H,8H2,1-3H3,(H,15,17). The van der Waals surface area contributed by atoms with Crippen LogP contribution in [0.2, 0.25) is 0 Å². The Kier molecular flexibility index (Phi) is 5.24. The van der Waals surface area contributed by atoms with Crippen LogP contribution in [0, 0.1) is 0 Å². The molecule has 0 saturated carbocycles. The highest BCUT2D eigenvalue weighted by Crippen LogP contribution is 2.17. The van der Waals surface area contributed by atoms with Crippen molar-refractivity contribution in [2.75, 3.05) is 21.2 Å². The van der Waals surface area contributed by atoms with Crippen LogP contribution in [-0.2, 0) is 20.6 Å². The van der Waals surface area contributed by atoms with E-state index in [4.69, 9.17) is 4.74 Å². The molecular formula is C12H16F2N2O4S. The van der Waals surface area contributed by atoms with Crippen LogP contribution in [0.4, 0.5) is 8.78 Å². The molecule has 0 saturated heterocycles. The average molecular weight is 322 g/mol. The van der Waals surface area contributed by atoms with Gasteiger partial charge in [0.2, 0.25) is 10.0 Å². The Hall–Kier alpha value is -1.74. The number of methoxy groups -OCH3 is 1. The number of amides is 1. The predicted octanol–water partition coefficient (Wildman–Crippen LogP) is 0.796. The average Bonchev–Trinajstić information content (AvgIpc) is 2.38. The van der Waals surface area contributed by atoms with Crippen molar-refractivity contribution >= 4 is 15.9 Å². The number of alkyl halides is 2. The van der Waals surface area contributed by atoms with Crippen LogP contribution in [0.5, 0.6) is 5.75 Å². The molecule has 0 aromatic heterocycles. The van der Waals surface area contributed by atoms with Gasteiger partial charge < -0.3 is 4.74 Å². The minimum absolute atomic E-state index is 0.325. The largest absolute Gasteiger partial charge is 0.497 e. The van der Waals surface area contributed by atoms with Crippen molar-refractivity contribution in [1.82, 2.24) is 9.62 Å². The molecule has 1 rings (SSSR count). The number of hydrogen-bond donors (Lipinski definition) is 1. The molecule has 0 radical (unpaired) electrons. The van der Waals surface area contributed by atoms with Crippen LogP contribution < -0.4 is 9.46 Å². The van der Waals surface area contributed by atoms with E-state index in [0.29, 0.717) is 16.2 Å². The molecule has 0 bridgehead atoms. The van der Waals surface area contributed by atoms with Crippen molar-refractivity contribution in [3.8, 4) is 5.75 Å². The van der Waals surface area contributed by atoms with E-state index in [0.717, 1.165) is 14.1 Å². The van der Waals surface area contributed by atoms with Crippen LogP contribution in [0.3, 0.4) is 0 Å². The number of sulfonamides is 1. The van der Waals surface area contributed by atoms with E-state index >= 15 is 0 Å². The third-order valence-corrected chi connectivity index (χ3v) is 3.81. The maximum atomic E-state index is 13.3. The quantitative estimate of drug-likeness (QED) is 0.784. The number of ether oxygens (including phenoxy) is 1. The van der Waals surface area contributed by atoms with Crippen molar-refractivity contribution in [3.63, 3.8) is 0 Å². The molecule has 21 heavy (non-hydrogen) atoms. The first-order chi connectivity index (χ1) is 9.58. The molecule has 0 fully saturated rings. The minimum atomic E-state index is -4.22. The lowest BCUT2D eigenvalue weighted by atomic mass is 10.2. The lowest BCUT2D eigenvalue weighted by Crippen LogP contribution is -2.51. The molecule has 0 atom stereocenters. The molecule has 0 spiro atoms. The summed E-state index contributed by atoms with van der Waals surface area (Å²) >= 11 is 0. The maximum absolute atomic E-state index is 13.3. The minimum Gasteiger partial charge on any atom is -0.497 e. The molecular weight excluding hydrogens is 306 g/mol. The zero-order valence-corrected chi connectivity index (χ0v) is 12.6. The first kappa shape index (κ1) is 17.3. The highest BCUT2D eigenvalue weighted by atomic mass is 32.2. The van der Waals surface area contributed by atoms with Gasteiger partial charge in [0, 0.05) is 0 Å².